The first-order chi connectivity index (χ1) is 46.7. The molecule has 0 bridgehead atoms. The summed E-state index contributed by atoms with van der Waals surface area (Å²) in [5, 5.41) is 0. The summed E-state index contributed by atoms with van der Waals surface area (Å²) in [6, 6.07) is 138. The number of anilines is 9. The maximum atomic E-state index is 2.56. The molecule has 15 aromatic carbocycles. The van der Waals surface area contributed by atoms with Crippen LogP contribution in [0.2, 0.25) is 0 Å². The zero-order valence-corrected chi connectivity index (χ0v) is 51.7. The first-order valence-corrected chi connectivity index (χ1v) is 32.4. The molecule has 0 atom stereocenters. The molecule has 0 aromatic heterocycles. The van der Waals surface area contributed by atoms with Crippen molar-refractivity contribution in [2.24, 2.45) is 0 Å². The summed E-state index contributed by atoms with van der Waals surface area (Å²) in [4.78, 5) is 7.54. The fourth-order valence-electron chi connectivity index (χ4n) is 14.6. The van der Waals surface area contributed by atoms with Crippen LogP contribution >= 0.6 is 0 Å². The number of hydrogen-bond acceptors (Lipinski definition) is 3. The SMILES string of the molecule is c1ccc(-c2ccccc2-c2ccc(N3c4ccc(-c5ccccc5-c5ccccc5)cc4B4c5cc(-c6ccccc6-c6ccccc6)ccc5N(c5ccc(-c6ccccc6-c6ccccc6)cc5)c5cc(N(c6ccccc6)c6ccccc6)cc3c54)cc2)cc1. The lowest BCUT2D eigenvalue weighted by molar-refractivity contribution is 1.23. The average molecular weight is 1200 g/mol. The van der Waals surface area contributed by atoms with Crippen LogP contribution in [0.5, 0.6) is 0 Å². The first-order valence-electron chi connectivity index (χ1n) is 32.4. The van der Waals surface area contributed by atoms with Crippen molar-refractivity contribution < 1.29 is 0 Å². The second kappa shape index (κ2) is 24.2. The molecule has 94 heavy (non-hydrogen) atoms. The Morgan fingerprint density at radius 1 is 0.191 bits per heavy atom. The summed E-state index contributed by atoms with van der Waals surface area (Å²) < 4.78 is 0. The Labute approximate surface area is 550 Å². The Morgan fingerprint density at radius 2 is 0.436 bits per heavy atom. The smallest absolute Gasteiger partial charge is 0.252 e. The molecule has 0 saturated heterocycles. The normalized spacial score (nSPS) is 12.0. The third-order valence-electron chi connectivity index (χ3n) is 18.9. The number of hydrogen-bond donors (Lipinski definition) is 0. The largest absolute Gasteiger partial charge is 0.311 e. The summed E-state index contributed by atoms with van der Waals surface area (Å²) in [5.74, 6) is 0. The molecule has 3 nitrogen and oxygen atoms in total. The van der Waals surface area contributed by atoms with Crippen LogP contribution in [-0.2, 0) is 0 Å². The van der Waals surface area contributed by atoms with Crippen LogP contribution in [0.1, 0.15) is 0 Å². The van der Waals surface area contributed by atoms with E-state index in [1.807, 2.05) is 0 Å². The van der Waals surface area contributed by atoms with Gasteiger partial charge in [-0.3, -0.25) is 0 Å². The molecular formula is C90H62BN3. The standard InChI is InChI=1S/C90H62BN3/c1-7-27-63(28-8-1)76-39-19-21-43-80(76)67-47-53-73(54-48-67)93-86-57-51-69(82-45-25-23-41-78(82)65-31-11-3-12-32-65)59-84(86)91-85-60-70(83-46-26-24-42-79(83)66-33-13-4-14-34-66)52-58-87(85)94(74-55-49-68(50-56-74)81-44-22-20-40-77(81)64-29-9-2-10-30-64)89-62-75(61-88(93)90(89)91)92(71-35-15-5-16-36-71)72-37-17-6-18-38-72/h1-62H. The highest BCUT2D eigenvalue weighted by molar-refractivity contribution is 7.00. The Kier molecular flexibility index (Phi) is 14.4. The van der Waals surface area contributed by atoms with Gasteiger partial charge in [0.2, 0.25) is 0 Å². The van der Waals surface area contributed by atoms with Crippen molar-refractivity contribution in [2.75, 3.05) is 14.7 Å². The Bertz CT molecular complexity index is 4910. The van der Waals surface area contributed by atoms with Gasteiger partial charge in [-0.05, 0) is 178 Å². The fourth-order valence-corrected chi connectivity index (χ4v) is 14.6. The monoisotopic (exact) mass is 1200 g/mol. The zero-order chi connectivity index (χ0) is 62.3. The highest BCUT2D eigenvalue weighted by Gasteiger charge is 2.44. The van der Waals surface area contributed by atoms with Gasteiger partial charge in [-0.25, -0.2) is 0 Å². The number of benzene rings is 15. The summed E-state index contributed by atoms with van der Waals surface area (Å²) in [6.45, 7) is -0.222. The minimum Gasteiger partial charge on any atom is -0.311 e. The maximum Gasteiger partial charge on any atom is 0.252 e. The molecule has 0 radical (unpaired) electrons. The van der Waals surface area contributed by atoms with Gasteiger partial charge in [0, 0.05) is 45.5 Å². The third kappa shape index (κ3) is 10.1. The second-order valence-corrected chi connectivity index (χ2v) is 24.3. The molecule has 17 rings (SSSR count). The van der Waals surface area contributed by atoms with E-state index in [9.17, 15) is 0 Å². The predicted octanol–water partition coefficient (Wildman–Crippen LogP) is 22.6. The molecule has 0 unspecified atom stereocenters. The molecule has 0 spiro atoms. The minimum atomic E-state index is -0.222. The summed E-state index contributed by atoms with van der Waals surface area (Å²) in [6.07, 6.45) is 0. The molecule has 440 valence electrons. The molecule has 2 aliphatic rings. The van der Waals surface area contributed by atoms with Crippen LogP contribution in [0.4, 0.5) is 51.2 Å². The highest BCUT2D eigenvalue weighted by Crippen LogP contribution is 2.50. The number of fused-ring (bicyclic) bond motifs is 4. The molecule has 0 saturated carbocycles. The van der Waals surface area contributed by atoms with E-state index < -0.39 is 0 Å². The van der Waals surface area contributed by atoms with Crippen molar-refractivity contribution in [3.63, 3.8) is 0 Å². The summed E-state index contributed by atoms with van der Waals surface area (Å²) in [5.41, 5.74) is 32.3. The van der Waals surface area contributed by atoms with Gasteiger partial charge in [-0.1, -0.05) is 303 Å². The number of para-hydroxylation sites is 2. The molecule has 0 fully saturated rings. The van der Waals surface area contributed by atoms with Gasteiger partial charge < -0.3 is 14.7 Å². The molecular weight excluding hydrogens is 1130 g/mol. The molecule has 2 heterocycles. The fraction of sp³-hybridized carbons (Fsp3) is 0. The van der Waals surface area contributed by atoms with Gasteiger partial charge >= 0.3 is 0 Å². The summed E-state index contributed by atoms with van der Waals surface area (Å²) >= 11 is 0. The molecule has 0 amide bonds. The highest BCUT2D eigenvalue weighted by atomic mass is 15.2. The number of rotatable bonds is 13. The lowest BCUT2D eigenvalue weighted by Gasteiger charge is -2.45. The van der Waals surface area contributed by atoms with E-state index in [0.29, 0.717) is 0 Å². The minimum absolute atomic E-state index is 0.222. The van der Waals surface area contributed by atoms with Crippen molar-refractivity contribution in [2.45, 2.75) is 0 Å². The Morgan fingerprint density at radius 3 is 0.734 bits per heavy atom. The van der Waals surface area contributed by atoms with Gasteiger partial charge in [0.15, 0.2) is 0 Å². The van der Waals surface area contributed by atoms with Crippen LogP contribution in [-0.4, -0.2) is 6.71 Å². The number of nitrogens with zero attached hydrogens (tertiary/aromatic N) is 3. The van der Waals surface area contributed by atoms with Gasteiger partial charge in [-0.2, -0.15) is 0 Å². The topological polar surface area (TPSA) is 9.72 Å². The molecule has 2 aliphatic heterocycles. The van der Waals surface area contributed by atoms with Crippen molar-refractivity contribution in [3.8, 4) is 89.0 Å². The lowest BCUT2D eigenvalue weighted by Crippen LogP contribution is -2.61. The van der Waals surface area contributed by atoms with E-state index in [0.717, 1.165) is 73.4 Å². The second-order valence-electron chi connectivity index (χ2n) is 24.3. The van der Waals surface area contributed by atoms with E-state index in [1.54, 1.807) is 0 Å². The van der Waals surface area contributed by atoms with Crippen molar-refractivity contribution in [3.05, 3.63) is 376 Å². The van der Waals surface area contributed by atoms with Gasteiger partial charge in [0.25, 0.3) is 6.71 Å². The van der Waals surface area contributed by atoms with E-state index in [1.165, 1.54) is 83.1 Å². The summed E-state index contributed by atoms with van der Waals surface area (Å²) in [7, 11) is 0. The van der Waals surface area contributed by atoms with Crippen LogP contribution in [0, 0.1) is 0 Å². The predicted molar refractivity (Wildman–Crippen MR) is 399 cm³/mol. The van der Waals surface area contributed by atoms with Crippen LogP contribution in [0.25, 0.3) is 89.0 Å². The van der Waals surface area contributed by atoms with E-state index in [4.69, 9.17) is 0 Å². The third-order valence-corrected chi connectivity index (χ3v) is 18.9. The van der Waals surface area contributed by atoms with E-state index >= 15 is 0 Å². The Hall–Kier alpha value is -12.2. The van der Waals surface area contributed by atoms with Crippen molar-refractivity contribution in [1.29, 1.82) is 0 Å². The molecule has 4 heteroatoms. The van der Waals surface area contributed by atoms with Crippen LogP contribution in [0.15, 0.2) is 376 Å². The molecule has 15 aromatic rings. The lowest BCUT2D eigenvalue weighted by atomic mass is 9.33. The Balaban J connectivity index is 0.951. The van der Waals surface area contributed by atoms with E-state index in [-0.39, 0.29) is 6.71 Å². The van der Waals surface area contributed by atoms with Crippen LogP contribution < -0.4 is 31.1 Å². The molecule has 0 aliphatic carbocycles. The van der Waals surface area contributed by atoms with Crippen LogP contribution in [0.3, 0.4) is 0 Å². The van der Waals surface area contributed by atoms with Crippen molar-refractivity contribution in [1.82, 2.24) is 0 Å². The van der Waals surface area contributed by atoms with Gasteiger partial charge in [0.1, 0.15) is 0 Å². The quantitative estimate of drug-likeness (QED) is 0.107. The first kappa shape index (κ1) is 55.8. The molecule has 0 N–H and O–H groups in total. The van der Waals surface area contributed by atoms with Crippen molar-refractivity contribution >= 4 is 74.3 Å². The van der Waals surface area contributed by atoms with E-state index in [2.05, 4.69) is 391 Å². The maximum absolute atomic E-state index is 2.56. The average Bonchev–Trinajstić information content (AvgIpc) is 0.695. The zero-order valence-electron chi connectivity index (χ0n) is 51.7. The van der Waals surface area contributed by atoms with Gasteiger partial charge in [0.05, 0.1) is 5.69 Å². The van der Waals surface area contributed by atoms with Gasteiger partial charge in [-0.15, -0.1) is 0 Å².